The van der Waals surface area contributed by atoms with Crippen LogP contribution in [0.3, 0.4) is 0 Å². The third-order valence-corrected chi connectivity index (χ3v) is 2.68. The lowest BCUT2D eigenvalue weighted by molar-refractivity contribution is -0.173. The van der Waals surface area contributed by atoms with Gasteiger partial charge in [-0.1, -0.05) is 5.16 Å². The molecule has 0 N–H and O–H groups in total. The number of rotatable bonds is 5. The predicted molar refractivity (Wildman–Crippen MR) is 58.1 cm³/mol. The predicted octanol–water partition coefficient (Wildman–Crippen LogP) is 1.26. The second-order valence-corrected chi connectivity index (χ2v) is 4.31. The topological polar surface area (TPSA) is 74.5 Å². The summed E-state index contributed by atoms with van der Waals surface area (Å²) in [6.07, 6.45) is -3.98. The number of ether oxygens (including phenoxy) is 2. The van der Waals surface area contributed by atoms with Crippen LogP contribution in [0.4, 0.5) is 13.2 Å². The Morgan fingerprint density at radius 2 is 2.20 bits per heavy atom. The van der Waals surface area contributed by atoms with E-state index in [2.05, 4.69) is 14.9 Å². The zero-order valence-electron chi connectivity index (χ0n) is 10.5. The largest absolute Gasteiger partial charge is 0.411 e. The smallest absolute Gasteiger partial charge is 0.380 e. The second-order valence-electron chi connectivity index (χ2n) is 4.31. The highest BCUT2D eigenvalue weighted by Crippen LogP contribution is 2.21. The van der Waals surface area contributed by atoms with Gasteiger partial charge in [0.15, 0.2) is 5.82 Å². The minimum atomic E-state index is -4.35. The monoisotopic (exact) mass is 294 g/mol. The molecule has 0 saturated carbocycles. The average Bonchev–Trinajstić information content (AvgIpc) is 2.83. The zero-order valence-corrected chi connectivity index (χ0v) is 10.5. The number of ketones is 1. The molecule has 1 unspecified atom stereocenters. The molecule has 2 rings (SSSR count). The minimum Gasteiger partial charge on any atom is -0.380 e. The number of hydrogen-bond donors (Lipinski definition) is 0. The molecule has 1 aliphatic rings. The van der Waals surface area contributed by atoms with E-state index < -0.39 is 18.7 Å². The maximum absolute atomic E-state index is 11.8. The van der Waals surface area contributed by atoms with Crippen molar-refractivity contribution in [2.24, 2.45) is 0 Å². The van der Waals surface area contributed by atoms with E-state index in [0.29, 0.717) is 6.61 Å². The Morgan fingerprint density at radius 3 is 2.90 bits per heavy atom. The molecule has 0 bridgehead atoms. The van der Waals surface area contributed by atoms with Crippen LogP contribution >= 0.6 is 0 Å². The van der Waals surface area contributed by atoms with Crippen LogP contribution in [-0.2, 0) is 20.7 Å². The summed E-state index contributed by atoms with van der Waals surface area (Å²) in [6.45, 7) is -0.924. The van der Waals surface area contributed by atoms with Gasteiger partial charge in [-0.25, -0.2) is 0 Å². The quantitative estimate of drug-likeness (QED) is 0.761. The Labute approximate surface area is 112 Å². The molecule has 1 aromatic rings. The van der Waals surface area contributed by atoms with Crippen molar-refractivity contribution in [1.29, 1.82) is 0 Å². The van der Waals surface area contributed by atoms with Crippen molar-refractivity contribution < 1.29 is 32.0 Å². The fourth-order valence-corrected chi connectivity index (χ4v) is 1.71. The Balaban J connectivity index is 1.81. The number of aromatic nitrogens is 2. The van der Waals surface area contributed by atoms with Crippen LogP contribution < -0.4 is 0 Å². The third kappa shape index (κ3) is 4.27. The van der Waals surface area contributed by atoms with Crippen LogP contribution in [0.1, 0.15) is 24.1 Å². The van der Waals surface area contributed by atoms with Gasteiger partial charge in [0.05, 0.1) is 19.8 Å². The van der Waals surface area contributed by atoms with E-state index in [-0.39, 0.29) is 43.6 Å². The van der Waals surface area contributed by atoms with Gasteiger partial charge in [-0.2, -0.15) is 18.2 Å². The van der Waals surface area contributed by atoms with E-state index in [9.17, 15) is 18.0 Å². The van der Waals surface area contributed by atoms with Crippen molar-refractivity contribution in [3.05, 3.63) is 11.7 Å². The average molecular weight is 294 g/mol. The molecule has 6 nitrogen and oxygen atoms in total. The van der Waals surface area contributed by atoms with Gasteiger partial charge < -0.3 is 14.0 Å². The van der Waals surface area contributed by atoms with E-state index in [1.807, 2.05) is 0 Å². The molecule has 112 valence electrons. The maximum Gasteiger partial charge on any atom is 0.411 e. The lowest BCUT2D eigenvalue weighted by Gasteiger charge is -2.17. The normalized spacial score (nSPS) is 20.4. The first-order chi connectivity index (χ1) is 9.46. The molecule has 1 fully saturated rings. The lowest BCUT2D eigenvalue weighted by atomic mass is 10.0. The number of alkyl halides is 3. The molecule has 1 saturated heterocycles. The van der Waals surface area contributed by atoms with Gasteiger partial charge in [0.1, 0.15) is 18.3 Å². The molecule has 1 aliphatic heterocycles. The minimum absolute atomic E-state index is 0.0419. The van der Waals surface area contributed by atoms with Gasteiger partial charge in [0, 0.05) is 12.8 Å². The fraction of sp³-hybridized carbons (Fsp3) is 0.727. The van der Waals surface area contributed by atoms with Crippen LogP contribution in [0.5, 0.6) is 0 Å². The van der Waals surface area contributed by atoms with Crippen LogP contribution in [0.15, 0.2) is 4.52 Å². The molecular formula is C11H13F3N2O4. The Bertz CT molecular complexity index is 461. The highest BCUT2D eigenvalue weighted by Gasteiger charge is 2.30. The van der Waals surface area contributed by atoms with Crippen molar-refractivity contribution in [2.45, 2.75) is 24.9 Å². The standard InChI is InChI=1S/C11H13F3N2O4/c12-11(13,14)6-19-4-2-9-15-10(20-16-9)7-5-18-3-1-8(7)17/h7H,1-6H2. The van der Waals surface area contributed by atoms with Gasteiger partial charge in [0.25, 0.3) is 0 Å². The SMILES string of the molecule is O=C1CCOCC1c1nc(CCOCC(F)(F)F)no1. The van der Waals surface area contributed by atoms with Crippen LogP contribution in [-0.4, -0.2) is 48.5 Å². The van der Waals surface area contributed by atoms with E-state index in [1.54, 1.807) is 0 Å². The first-order valence-corrected chi connectivity index (χ1v) is 6.03. The molecule has 0 aliphatic carbocycles. The molecule has 0 radical (unpaired) electrons. The number of halogens is 3. The van der Waals surface area contributed by atoms with Crippen molar-refractivity contribution in [2.75, 3.05) is 26.4 Å². The summed E-state index contributed by atoms with van der Waals surface area (Å²) >= 11 is 0. The van der Waals surface area contributed by atoms with Gasteiger partial charge in [0.2, 0.25) is 5.89 Å². The van der Waals surface area contributed by atoms with Crippen LogP contribution in [0, 0.1) is 0 Å². The Hall–Kier alpha value is -1.48. The summed E-state index contributed by atoms with van der Waals surface area (Å²) in [5.41, 5.74) is 0. The van der Waals surface area contributed by atoms with Crippen LogP contribution in [0.25, 0.3) is 0 Å². The highest BCUT2D eigenvalue weighted by atomic mass is 19.4. The van der Waals surface area contributed by atoms with Gasteiger partial charge in [-0.3, -0.25) is 4.79 Å². The first kappa shape index (κ1) is 14.9. The fourth-order valence-electron chi connectivity index (χ4n) is 1.71. The summed E-state index contributed by atoms with van der Waals surface area (Å²) in [5.74, 6) is -0.276. The van der Waals surface area contributed by atoms with Crippen molar-refractivity contribution in [1.82, 2.24) is 10.1 Å². The number of carbonyl (C=O) groups excluding carboxylic acids is 1. The summed E-state index contributed by atoms with van der Waals surface area (Å²) in [7, 11) is 0. The Kier molecular flexibility index (Phi) is 4.71. The molecular weight excluding hydrogens is 281 g/mol. The first-order valence-electron chi connectivity index (χ1n) is 6.03. The summed E-state index contributed by atoms with van der Waals surface area (Å²) in [4.78, 5) is 15.6. The number of carbonyl (C=O) groups is 1. The van der Waals surface area contributed by atoms with E-state index in [1.165, 1.54) is 0 Å². The lowest BCUT2D eigenvalue weighted by Crippen LogP contribution is -2.25. The van der Waals surface area contributed by atoms with E-state index in [0.717, 1.165) is 0 Å². The van der Waals surface area contributed by atoms with E-state index >= 15 is 0 Å². The summed E-state index contributed by atoms with van der Waals surface area (Å²) in [5, 5.41) is 3.60. The molecule has 9 heteroatoms. The molecule has 2 heterocycles. The van der Waals surface area contributed by atoms with Crippen molar-refractivity contribution in [3.8, 4) is 0 Å². The molecule has 0 spiro atoms. The molecule has 1 aromatic heterocycles. The molecule has 1 atom stereocenters. The third-order valence-electron chi connectivity index (χ3n) is 2.68. The number of Topliss-reactive ketones (excluding diaryl/α,β-unsaturated/α-hetero) is 1. The molecule has 20 heavy (non-hydrogen) atoms. The summed E-state index contributed by atoms with van der Waals surface area (Å²) < 4.78 is 50.1. The zero-order chi connectivity index (χ0) is 14.6. The number of nitrogens with zero attached hydrogens (tertiary/aromatic N) is 2. The maximum atomic E-state index is 11.8. The van der Waals surface area contributed by atoms with Crippen molar-refractivity contribution in [3.63, 3.8) is 0 Å². The van der Waals surface area contributed by atoms with Crippen LogP contribution in [0.2, 0.25) is 0 Å². The van der Waals surface area contributed by atoms with E-state index in [4.69, 9.17) is 9.26 Å². The Morgan fingerprint density at radius 1 is 1.40 bits per heavy atom. The van der Waals surface area contributed by atoms with Gasteiger partial charge >= 0.3 is 6.18 Å². The highest BCUT2D eigenvalue weighted by molar-refractivity contribution is 5.85. The number of hydrogen-bond acceptors (Lipinski definition) is 6. The molecule has 0 amide bonds. The van der Waals surface area contributed by atoms with Gasteiger partial charge in [-0.15, -0.1) is 0 Å². The molecule has 0 aromatic carbocycles. The second kappa shape index (κ2) is 6.31. The van der Waals surface area contributed by atoms with Gasteiger partial charge in [-0.05, 0) is 0 Å². The van der Waals surface area contributed by atoms with Crippen molar-refractivity contribution >= 4 is 5.78 Å². The summed E-state index contributed by atoms with van der Waals surface area (Å²) in [6, 6.07) is 0.